The Hall–Kier alpha value is -2.14. The zero-order valence-electron chi connectivity index (χ0n) is 12.0. The van der Waals surface area contributed by atoms with Crippen LogP contribution in [-0.4, -0.2) is 45.4 Å². The van der Waals surface area contributed by atoms with E-state index in [2.05, 4.69) is 5.10 Å². The lowest BCUT2D eigenvalue weighted by Gasteiger charge is -2.34. The van der Waals surface area contributed by atoms with Crippen LogP contribution in [-0.2, 0) is 0 Å². The van der Waals surface area contributed by atoms with Gasteiger partial charge in [-0.15, -0.1) is 0 Å². The van der Waals surface area contributed by atoms with Crippen molar-refractivity contribution < 1.29 is 9.90 Å². The van der Waals surface area contributed by atoms with Gasteiger partial charge in [-0.25, -0.2) is 4.68 Å². The molecule has 1 aromatic heterocycles. The first-order valence-electron chi connectivity index (χ1n) is 7.18. The Kier molecular flexibility index (Phi) is 3.75. The number of carbonyl (C=O) groups excluding carboxylic acids is 1. The Morgan fingerprint density at radius 1 is 1.33 bits per heavy atom. The lowest BCUT2D eigenvalue weighted by Crippen LogP contribution is -2.39. The first-order valence-corrected chi connectivity index (χ1v) is 7.18. The van der Waals surface area contributed by atoms with Crippen molar-refractivity contribution in [3.8, 4) is 5.69 Å². The van der Waals surface area contributed by atoms with Crippen molar-refractivity contribution in [1.29, 1.82) is 0 Å². The third kappa shape index (κ3) is 2.97. The molecule has 0 spiro atoms. The van der Waals surface area contributed by atoms with Crippen molar-refractivity contribution in [2.45, 2.75) is 18.9 Å². The van der Waals surface area contributed by atoms with E-state index in [9.17, 15) is 9.90 Å². The molecule has 0 unspecified atom stereocenters. The molecule has 2 aromatic rings. The van der Waals surface area contributed by atoms with Gasteiger partial charge in [-0.1, -0.05) is 18.2 Å². The first-order chi connectivity index (χ1) is 10.1. The standard InChI is InChI=1S/C16H19N3O2/c1-18(11-12-9-14(20)10-12)16(21)15-7-8-19(17-15)13-5-3-2-4-6-13/h2-8,12,14,20H,9-11H2,1H3. The molecule has 0 saturated heterocycles. The summed E-state index contributed by atoms with van der Waals surface area (Å²) in [6.07, 6.45) is 3.19. The summed E-state index contributed by atoms with van der Waals surface area (Å²) in [4.78, 5) is 14.0. The summed E-state index contributed by atoms with van der Waals surface area (Å²) in [5.41, 5.74) is 1.38. The Balaban J connectivity index is 1.66. The quantitative estimate of drug-likeness (QED) is 0.930. The van der Waals surface area contributed by atoms with Crippen LogP contribution in [0.5, 0.6) is 0 Å². The van der Waals surface area contributed by atoms with Gasteiger partial charge >= 0.3 is 0 Å². The van der Waals surface area contributed by atoms with Gasteiger partial charge in [-0.3, -0.25) is 4.79 Å². The summed E-state index contributed by atoms with van der Waals surface area (Å²) in [6.45, 7) is 0.675. The number of rotatable bonds is 4. The van der Waals surface area contributed by atoms with E-state index in [0.717, 1.165) is 18.5 Å². The van der Waals surface area contributed by atoms with E-state index < -0.39 is 0 Å². The second kappa shape index (κ2) is 5.69. The predicted octanol–water partition coefficient (Wildman–Crippen LogP) is 1.72. The molecule has 110 valence electrons. The smallest absolute Gasteiger partial charge is 0.274 e. The average Bonchev–Trinajstić information content (AvgIpc) is 2.95. The molecule has 1 aromatic carbocycles. The number of hydrogen-bond acceptors (Lipinski definition) is 3. The highest BCUT2D eigenvalue weighted by molar-refractivity contribution is 5.92. The highest BCUT2D eigenvalue weighted by Crippen LogP contribution is 2.27. The number of aromatic nitrogens is 2. The van der Waals surface area contributed by atoms with Crippen molar-refractivity contribution in [2.75, 3.05) is 13.6 Å². The zero-order chi connectivity index (χ0) is 14.8. The van der Waals surface area contributed by atoms with Gasteiger partial charge in [-0.2, -0.15) is 5.10 Å². The van der Waals surface area contributed by atoms with Crippen LogP contribution in [0, 0.1) is 5.92 Å². The number of aliphatic hydroxyl groups is 1. The van der Waals surface area contributed by atoms with Crippen molar-refractivity contribution in [3.05, 3.63) is 48.3 Å². The third-order valence-corrected chi connectivity index (χ3v) is 3.92. The van der Waals surface area contributed by atoms with Crippen molar-refractivity contribution in [2.24, 2.45) is 5.92 Å². The summed E-state index contributed by atoms with van der Waals surface area (Å²) in [7, 11) is 1.79. The SMILES string of the molecule is CN(CC1CC(O)C1)C(=O)c1ccn(-c2ccccc2)n1. The molecule has 1 amide bonds. The largest absolute Gasteiger partial charge is 0.393 e. The van der Waals surface area contributed by atoms with E-state index in [-0.39, 0.29) is 12.0 Å². The minimum atomic E-state index is -0.184. The molecule has 1 N–H and O–H groups in total. The van der Waals surface area contributed by atoms with Gasteiger partial charge in [0.2, 0.25) is 0 Å². The zero-order valence-corrected chi connectivity index (χ0v) is 12.0. The molecule has 1 fully saturated rings. The molecule has 5 heteroatoms. The molecule has 1 heterocycles. The fourth-order valence-corrected chi connectivity index (χ4v) is 2.68. The van der Waals surface area contributed by atoms with Gasteiger partial charge in [0, 0.05) is 19.8 Å². The molecule has 0 radical (unpaired) electrons. The summed E-state index contributed by atoms with van der Waals surface area (Å²) in [5, 5.41) is 13.6. The van der Waals surface area contributed by atoms with E-state index >= 15 is 0 Å². The molecule has 21 heavy (non-hydrogen) atoms. The molecule has 0 bridgehead atoms. The van der Waals surface area contributed by atoms with E-state index in [0.29, 0.717) is 18.2 Å². The number of amides is 1. The van der Waals surface area contributed by atoms with Gasteiger partial charge in [0.15, 0.2) is 5.69 Å². The normalized spacial score (nSPS) is 20.9. The fourth-order valence-electron chi connectivity index (χ4n) is 2.68. The molecule has 0 atom stereocenters. The maximum Gasteiger partial charge on any atom is 0.274 e. The Labute approximate surface area is 123 Å². The molecule has 5 nitrogen and oxygen atoms in total. The van der Waals surface area contributed by atoms with Gasteiger partial charge < -0.3 is 10.0 Å². The Morgan fingerprint density at radius 2 is 2.05 bits per heavy atom. The second-order valence-corrected chi connectivity index (χ2v) is 5.66. The lowest BCUT2D eigenvalue weighted by molar-refractivity contribution is 0.0264. The number of para-hydroxylation sites is 1. The minimum Gasteiger partial charge on any atom is -0.393 e. The van der Waals surface area contributed by atoms with Crippen LogP contribution in [0.4, 0.5) is 0 Å². The second-order valence-electron chi connectivity index (χ2n) is 5.66. The third-order valence-electron chi connectivity index (χ3n) is 3.92. The van der Waals surface area contributed by atoms with E-state index in [1.807, 2.05) is 30.3 Å². The number of aliphatic hydroxyl groups excluding tert-OH is 1. The summed E-state index contributed by atoms with van der Waals surface area (Å²) in [5.74, 6) is 0.330. The molecule has 1 saturated carbocycles. The van der Waals surface area contributed by atoms with Crippen LogP contribution < -0.4 is 0 Å². The highest BCUT2D eigenvalue weighted by Gasteiger charge is 2.29. The topological polar surface area (TPSA) is 58.4 Å². The van der Waals surface area contributed by atoms with Crippen LogP contribution in [0.1, 0.15) is 23.3 Å². The van der Waals surface area contributed by atoms with Gasteiger partial charge in [-0.05, 0) is 37.0 Å². The van der Waals surface area contributed by atoms with Crippen LogP contribution in [0.2, 0.25) is 0 Å². The number of nitrogens with zero attached hydrogens (tertiary/aromatic N) is 3. The fraction of sp³-hybridized carbons (Fsp3) is 0.375. The minimum absolute atomic E-state index is 0.0777. The highest BCUT2D eigenvalue weighted by atomic mass is 16.3. The summed E-state index contributed by atoms with van der Waals surface area (Å²) < 4.78 is 1.70. The van der Waals surface area contributed by atoms with Crippen molar-refractivity contribution in [3.63, 3.8) is 0 Å². The van der Waals surface area contributed by atoms with Crippen LogP contribution >= 0.6 is 0 Å². The van der Waals surface area contributed by atoms with Crippen molar-refractivity contribution >= 4 is 5.91 Å². The first kappa shape index (κ1) is 13.8. The Morgan fingerprint density at radius 3 is 2.71 bits per heavy atom. The molecule has 0 aliphatic heterocycles. The Bertz CT molecular complexity index is 617. The molecule has 1 aliphatic rings. The number of hydrogen-bond donors (Lipinski definition) is 1. The van der Waals surface area contributed by atoms with E-state index in [1.54, 1.807) is 28.9 Å². The maximum atomic E-state index is 12.3. The average molecular weight is 285 g/mol. The number of benzene rings is 1. The molecular weight excluding hydrogens is 266 g/mol. The monoisotopic (exact) mass is 285 g/mol. The lowest BCUT2D eigenvalue weighted by atomic mass is 9.82. The van der Waals surface area contributed by atoms with Crippen LogP contribution in [0.3, 0.4) is 0 Å². The van der Waals surface area contributed by atoms with Gasteiger partial charge in [0.1, 0.15) is 0 Å². The summed E-state index contributed by atoms with van der Waals surface area (Å²) >= 11 is 0. The van der Waals surface area contributed by atoms with Gasteiger partial charge in [0.05, 0.1) is 11.8 Å². The van der Waals surface area contributed by atoms with Crippen LogP contribution in [0.15, 0.2) is 42.6 Å². The summed E-state index contributed by atoms with van der Waals surface area (Å²) in [6, 6.07) is 11.4. The van der Waals surface area contributed by atoms with Crippen LogP contribution in [0.25, 0.3) is 5.69 Å². The molecular formula is C16H19N3O2. The molecule has 3 rings (SSSR count). The van der Waals surface area contributed by atoms with Gasteiger partial charge in [0.25, 0.3) is 5.91 Å². The van der Waals surface area contributed by atoms with Crippen molar-refractivity contribution in [1.82, 2.24) is 14.7 Å². The number of carbonyl (C=O) groups is 1. The predicted molar refractivity (Wildman–Crippen MR) is 79.3 cm³/mol. The van der Waals surface area contributed by atoms with E-state index in [1.165, 1.54) is 0 Å². The maximum absolute atomic E-state index is 12.3. The molecule has 1 aliphatic carbocycles. The van der Waals surface area contributed by atoms with E-state index in [4.69, 9.17) is 0 Å².